The molecule has 1 aliphatic carbocycles. The van der Waals surface area contributed by atoms with E-state index >= 15 is 0 Å². The predicted molar refractivity (Wildman–Crippen MR) is 179 cm³/mol. The number of rotatable bonds is 11. The Kier molecular flexibility index (Phi) is 10.3. The summed E-state index contributed by atoms with van der Waals surface area (Å²) in [7, 11) is 1.38. The van der Waals surface area contributed by atoms with Crippen molar-refractivity contribution in [2.45, 2.75) is 63.5 Å². The molecule has 252 valence electrons. The molecule has 2 aromatic carbocycles. The van der Waals surface area contributed by atoms with Gasteiger partial charge in [0.15, 0.2) is 0 Å². The predicted octanol–water partition coefficient (Wildman–Crippen LogP) is 4.65. The van der Waals surface area contributed by atoms with Gasteiger partial charge >= 0.3 is 6.09 Å². The fraction of sp³-hybridized carbons (Fsp3) is 0.595. The summed E-state index contributed by atoms with van der Waals surface area (Å²) in [6, 6.07) is 15.4. The van der Waals surface area contributed by atoms with Gasteiger partial charge in [-0.3, -0.25) is 9.69 Å². The molecule has 0 unspecified atom stereocenters. The van der Waals surface area contributed by atoms with Gasteiger partial charge in [-0.1, -0.05) is 18.6 Å². The summed E-state index contributed by atoms with van der Waals surface area (Å²) in [5, 5.41) is 15.8. The largest absolute Gasteiger partial charge is 0.453 e. The van der Waals surface area contributed by atoms with Gasteiger partial charge < -0.3 is 25.2 Å². The number of likely N-dealkylation sites (tertiary alicyclic amines) is 2. The fourth-order valence-corrected chi connectivity index (χ4v) is 8.83. The van der Waals surface area contributed by atoms with Gasteiger partial charge in [-0.05, 0) is 112 Å². The van der Waals surface area contributed by atoms with Gasteiger partial charge in [-0.15, -0.1) is 0 Å². The molecule has 3 atom stereocenters. The van der Waals surface area contributed by atoms with Crippen molar-refractivity contribution in [2.75, 3.05) is 64.4 Å². The minimum absolute atomic E-state index is 0.0328. The number of anilines is 1. The minimum Gasteiger partial charge on any atom is -0.453 e. The maximum atomic E-state index is 14.8. The Morgan fingerprint density at radius 3 is 2.47 bits per heavy atom. The zero-order valence-electron chi connectivity index (χ0n) is 27.8. The van der Waals surface area contributed by atoms with E-state index in [4.69, 9.17) is 4.74 Å². The van der Waals surface area contributed by atoms with Crippen molar-refractivity contribution in [2.24, 2.45) is 17.8 Å². The van der Waals surface area contributed by atoms with E-state index in [1.807, 2.05) is 12.1 Å². The number of benzene rings is 2. The highest BCUT2D eigenvalue weighted by molar-refractivity contribution is 5.73. The van der Waals surface area contributed by atoms with Crippen molar-refractivity contribution in [1.82, 2.24) is 20.4 Å². The van der Waals surface area contributed by atoms with Gasteiger partial charge in [-0.25, -0.2) is 9.18 Å². The maximum Gasteiger partial charge on any atom is 0.407 e. The van der Waals surface area contributed by atoms with E-state index < -0.39 is 11.5 Å². The van der Waals surface area contributed by atoms with Gasteiger partial charge in [0.1, 0.15) is 5.82 Å². The molecular formula is C37H49FN6O3. The lowest BCUT2D eigenvalue weighted by atomic mass is 9.58. The van der Waals surface area contributed by atoms with Crippen LogP contribution in [-0.4, -0.2) is 87.3 Å². The zero-order valence-corrected chi connectivity index (χ0v) is 27.8. The third kappa shape index (κ3) is 7.26. The molecule has 2 amide bonds. The van der Waals surface area contributed by atoms with Crippen molar-refractivity contribution in [3.63, 3.8) is 0 Å². The molecule has 9 nitrogen and oxygen atoms in total. The van der Waals surface area contributed by atoms with Gasteiger partial charge in [0, 0.05) is 62.7 Å². The summed E-state index contributed by atoms with van der Waals surface area (Å²) in [4.78, 5) is 32.1. The van der Waals surface area contributed by atoms with E-state index in [0.29, 0.717) is 12.5 Å². The first-order valence-corrected chi connectivity index (χ1v) is 17.4. The summed E-state index contributed by atoms with van der Waals surface area (Å²) >= 11 is 0. The van der Waals surface area contributed by atoms with E-state index in [2.05, 4.69) is 43.5 Å². The molecule has 0 radical (unpaired) electrons. The fourth-order valence-electron chi connectivity index (χ4n) is 8.83. The van der Waals surface area contributed by atoms with Crippen LogP contribution in [0.1, 0.15) is 62.1 Å². The van der Waals surface area contributed by atoms with Crippen LogP contribution < -0.4 is 15.5 Å². The molecule has 4 fully saturated rings. The van der Waals surface area contributed by atoms with E-state index in [9.17, 15) is 19.2 Å². The van der Waals surface area contributed by atoms with E-state index in [1.54, 1.807) is 12.1 Å². The summed E-state index contributed by atoms with van der Waals surface area (Å²) < 4.78 is 19.8. The average molecular weight is 645 g/mol. The van der Waals surface area contributed by atoms with Crippen LogP contribution in [0.25, 0.3) is 0 Å². The number of carbonyl (C=O) groups is 2. The third-order valence-corrected chi connectivity index (χ3v) is 11.4. The number of nitrogens with one attached hydrogen (secondary N) is 2. The Hall–Kier alpha value is -3.68. The SMILES string of the molecule is COC(=O)N[C@H]1CCC[C@@H]1[C@](CNC(C)=O)(c1cccc(F)c1)C1CCN(CC2CN(c3ccc(C#N)c(CN4CCC4)c3)C2)CC1. The minimum atomic E-state index is -0.529. The second-order valence-electron chi connectivity index (χ2n) is 14.2. The number of alkyl carbamates (subject to hydrolysis) is 1. The number of methoxy groups -OCH3 is 1. The maximum absolute atomic E-state index is 14.8. The Bertz CT molecular complexity index is 1460. The van der Waals surface area contributed by atoms with Crippen LogP contribution in [0.2, 0.25) is 0 Å². The lowest BCUT2D eigenvalue weighted by molar-refractivity contribution is -0.119. The quantitative estimate of drug-likeness (QED) is 0.368. The molecular weight excluding hydrogens is 595 g/mol. The Morgan fingerprint density at radius 1 is 1.02 bits per heavy atom. The summed E-state index contributed by atoms with van der Waals surface area (Å²) in [5.74, 6) is 0.427. The lowest BCUT2D eigenvalue weighted by Crippen LogP contribution is -2.58. The topological polar surface area (TPSA) is 101 Å². The molecule has 3 heterocycles. The van der Waals surface area contributed by atoms with Gasteiger partial charge in [-0.2, -0.15) is 5.26 Å². The number of nitrogens with zero attached hydrogens (tertiary/aromatic N) is 4. The highest BCUT2D eigenvalue weighted by Gasteiger charge is 2.52. The number of carbonyl (C=O) groups excluding carboxylic acids is 2. The van der Waals surface area contributed by atoms with E-state index in [0.717, 1.165) is 101 Å². The first kappa shape index (κ1) is 33.2. The molecule has 3 saturated heterocycles. The molecule has 47 heavy (non-hydrogen) atoms. The number of ether oxygens (including phenoxy) is 1. The number of amides is 2. The van der Waals surface area contributed by atoms with Crippen molar-refractivity contribution < 1.29 is 18.7 Å². The van der Waals surface area contributed by atoms with Crippen LogP contribution in [0.15, 0.2) is 42.5 Å². The molecule has 2 aromatic rings. The second kappa shape index (κ2) is 14.6. The third-order valence-electron chi connectivity index (χ3n) is 11.4. The lowest BCUT2D eigenvalue weighted by Gasteiger charge is -2.51. The number of piperidine rings is 1. The molecule has 10 heteroatoms. The zero-order chi connectivity index (χ0) is 33.0. The van der Waals surface area contributed by atoms with Gasteiger partial charge in [0.25, 0.3) is 0 Å². The highest BCUT2D eigenvalue weighted by Crippen LogP contribution is 2.50. The summed E-state index contributed by atoms with van der Waals surface area (Å²) in [6.07, 6.45) is 5.32. The highest BCUT2D eigenvalue weighted by atomic mass is 19.1. The van der Waals surface area contributed by atoms with Crippen molar-refractivity contribution >= 4 is 17.7 Å². The molecule has 0 aromatic heterocycles. The Labute approximate surface area is 278 Å². The molecule has 1 saturated carbocycles. The molecule has 2 N–H and O–H groups in total. The van der Waals surface area contributed by atoms with E-state index in [-0.39, 0.29) is 29.6 Å². The van der Waals surface area contributed by atoms with E-state index in [1.165, 1.54) is 32.2 Å². The van der Waals surface area contributed by atoms with Crippen LogP contribution in [0.3, 0.4) is 0 Å². The Balaban J connectivity index is 1.13. The first-order chi connectivity index (χ1) is 22.8. The smallest absolute Gasteiger partial charge is 0.407 e. The van der Waals surface area contributed by atoms with Crippen molar-refractivity contribution in [3.05, 3.63) is 65.0 Å². The van der Waals surface area contributed by atoms with Crippen LogP contribution in [-0.2, 0) is 21.5 Å². The van der Waals surface area contributed by atoms with Crippen LogP contribution in [0.4, 0.5) is 14.9 Å². The van der Waals surface area contributed by atoms with Crippen LogP contribution in [0, 0.1) is 34.9 Å². The molecule has 6 rings (SSSR count). The molecule has 0 bridgehead atoms. The van der Waals surface area contributed by atoms with Gasteiger partial charge in [0.05, 0.1) is 18.7 Å². The number of hydrogen-bond acceptors (Lipinski definition) is 7. The summed E-state index contributed by atoms with van der Waals surface area (Å²) in [5.41, 5.74) is 3.48. The summed E-state index contributed by atoms with van der Waals surface area (Å²) in [6.45, 7) is 9.94. The standard InChI is InChI=1S/C37H49FN6O3/c1-26(45)40-25-37(31-6-3-7-32(38)19-31,34-8-4-9-35(34)41-36(46)47-2)30-12-16-43(17-13-30)21-27-22-44(23-27)33-11-10-28(20-39)29(18-33)24-42-14-5-15-42/h3,6-7,10-11,18-19,27,30,34-35H,4-5,8-9,12-17,21-25H2,1-2H3,(H,40,45)(H,41,46)/t34-,35-,37-/m0/s1. The molecule has 3 aliphatic heterocycles. The first-order valence-electron chi connectivity index (χ1n) is 17.4. The van der Waals surface area contributed by atoms with Gasteiger partial charge in [0.2, 0.25) is 5.91 Å². The van der Waals surface area contributed by atoms with Crippen LogP contribution in [0.5, 0.6) is 0 Å². The van der Waals surface area contributed by atoms with Crippen molar-refractivity contribution in [3.8, 4) is 6.07 Å². The average Bonchev–Trinajstić information content (AvgIpc) is 3.49. The monoisotopic (exact) mass is 644 g/mol. The second-order valence-corrected chi connectivity index (χ2v) is 14.2. The van der Waals surface area contributed by atoms with Crippen LogP contribution >= 0.6 is 0 Å². The number of halogens is 1. The normalized spacial score (nSPS) is 23.7. The molecule has 0 spiro atoms. The Morgan fingerprint density at radius 2 is 1.81 bits per heavy atom. The number of hydrogen-bond donors (Lipinski definition) is 2. The van der Waals surface area contributed by atoms with Crippen molar-refractivity contribution in [1.29, 1.82) is 5.26 Å². The number of nitriles is 1. The molecule has 4 aliphatic rings.